The molecule has 0 aromatic heterocycles. The third-order valence-corrected chi connectivity index (χ3v) is 9.00. The largest absolute Gasteiger partial charge is 0.497 e. The second-order valence-corrected chi connectivity index (χ2v) is 11.6. The first kappa shape index (κ1) is 26.5. The highest BCUT2D eigenvalue weighted by Crippen LogP contribution is 2.51. The maximum absolute atomic E-state index is 6.88. The van der Waals surface area contributed by atoms with E-state index in [-0.39, 0.29) is 12.0 Å². The number of nitrogens with zero attached hydrogens (tertiary/aromatic N) is 2. The van der Waals surface area contributed by atoms with Gasteiger partial charge in [0, 0.05) is 16.3 Å². The average Bonchev–Trinajstić information content (AvgIpc) is 3.20. The van der Waals surface area contributed by atoms with Crippen molar-refractivity contribution in [2.45, 2.75) is 15.9 Å². The second-order valence-electron chi connectivity index (χ2n) is 10.1. The van der Waals surface area contributed by atoms with Gasteiger partial charge in [-0.05, 0) is 66.2 Å². The molecule has 0 bridgehead atoms. The molecular weight excluding hydrogens is 562 g/mol. The molecule has 2 unspecified atom stereocenters. The van der Waals surface area contributed by atoms with Gasteiger partial charge in [0.05, 0.1) is 35.1 Å². The van der Waals surface area contributed by atoms with E-state index in [1.54, 1.807) is 18.9 Å². The molecule has 0 spiro atoms. The predicted molar refractivity (Wildman–Crippen MR) is 172 cm³/mol. The Morgan fingerprint density at radius 1 is 0.810 bits per heavy atom. The second kappa shape index (κ2) is 11.5. The number of anilines is 3. The summed E-state index contributed by atoms with van der Waals surface area (Å²) in [4.78, 5) is 10.1. The Bertz CT molecular complexity index is 1730. The summed E-state index contributed by atoms with van der Waals surface area (Å²) in [6.45, 7) is 0.529. The minimum Gasteiger partial charge on any atom is -0.497 e. The smallest absolute Gasteiger partial charge is 0.145 e. The van der Waals surface area contributed by atoms with E-state index in [0.717, 1.165) is 45.6 Å². The van der Waals surface area contributed by atoms with Gasteiger partial charge in [-0.25, -0.2) is 4.99 Å². The summed E-state index contributed by atoms with van der Waals surface area (Å²) in [6.07, 6.45) is -0.359. The lowest BCUT2D eigenvalue weighted by Gasteiger charge is -2.38. The fourth-order valence-corrected chi connectivity index (χ4v) is 6.75. The van der Waals surface area contributed by atoms with Gasteiger partial charge in [0.1, 0.15) is 29.1 Å². The summed E-state index contributed by atoms with van der Waals surface area (Å²) in [7, 11) is 1.68. The number of hydrogen-bond acceptors (Lipinski definition) is 6. The lowest BCUT2D eigenvalue weighted by molar-refractivity contribution is 0.175. The first-order valence-electron chi connectivity index (χ1n) is 13.8. The van der Waals surface area contributed by atoms with Crippen LogP contribution in [0.25, 0.3) is 0 Å². The van der Waals surface area contributed by atoms with Crippen molar-refractivity contribution in [1.29, 1.82) is 0 Å². The van der Waals surface area contributed by atoms with Gasteiger partial charge in [0.25, 0.3) is 0 Å². The van der Waals surface area contributed by atoms with E-state index in [2.05, 4.69) is 70.9 Å². The van der Waals surface area contributed by atoms with Crippen LogP contribution in [-0.2, 0) is 0 Å². The average molecular weight is 590 g/mol. The van der Waals surface area contributed by atoms with Gasteiger partial charge in [-0.1, -0.05) is 84.0 Å². The van der Waals surface area contributed by atoms with Crippen LogP contribution in [0.2, 0.25) is 5.02 Å². The highest BCUT2D eigenvalue weighted by Gasteiger charge is 2.39. The Hall–Kier alpha value is -4.39. The molecule has 208 valence electrons. The monoisotopic (exact) mass is 589 g/mol. The first-order chi connectivity index (χ1) is 20.7. The van der Waals surface area contributed by atoms with Crippen LogP contribution in [0.3, 0.4) is 0 Å². The van der Waals surface area contributed by atoms with Gasteiger partial charge < -0.3 is 14.8 Å². The molecule has 0 saturated heterocycles. The molecule has 1 N–H and O–H groups in total. The van der Waals surface area contributed by atoms with Crippen LogP contribution in [0.5, 0.6) is 11.5 Å². The number of ether oxygens (including phenoxy) is 2. The molecule has 2 aliphatic rings. The Kier molecular flexibility index (Phi) is 7.24. The SMILES string of the molecule is COc1ccc(C2Oc3ccccc3N=C(N3c4ccccc4Sc4ccccc43)C2CNc2ccccc2Cl)cc1. The van der Waals surface area contributed by atoms with Crippen molar-refractivity contribution in [2.24, 2.45) is 10.9 Å². The summed E-state index contributed by atoms with van der Waals surface area (Å²) in [5.41, 5.74) is 4.87. The number of methoxy groups -OCH3 is 1. The van der Waals surface area contributed by atoms with Crippen molar-refractivity contribution in [3.8, 4) is 11.5 Å². The standard InChI is InChI=1S/C35H28ClN3O2S/c1-40-24-20-18-23(19-21-24)34-25(22-37-27-11-3-2-10-26(27)36)35(38-28-12-4-7-15-31(28)41-34)39-29-13-5-8-16-32(29)42-33-17-9-6-14-30(33)39/h2-21,25,34,37H,22H2,1H3. The van der Waals surface area contributed by atoms with E-state index < -0.39 is 0 Å². The zero-order valence-corrected chi connectivity index (χ0v) is 24.5. The number of hydrogen-bond donors (Lipinski definition) is 1. The van der Waals surface area contributed by atoms with Crippen LogP contribution >= 0.6 is 23.4 Å². The lowest BCUT2D eigenvalue weighted by atomic mass is 9.92. The van der Waals surface area contributed by atoms with Crippen molar-refractivity contribution in [1.82, 2.24) is 0 Å². The van der Waals surface area contributed by atoms with Gasteiger partial charge >= 0.3 is 0 Å². The highest BCUT2D eigenvalue weighted by atomic mass is 35.5. The fraction of sp³-hybridized carbons (Fsp3) is 0.114. The minimum absolute atomic E-state index is 0.216. The molecule has 5 aromatic carbocycles. The molecule has 2 atom stereocenters. The maximum atomic E-state index is 6.88. The normalized spacial score (nSPS) is 17.1. The molecule has 0 saturated carbocycles. The number of para-hydroxylation sites is 5. The van der Waals surface area contributed by atoms with E-state index >= 15 is 0 Å². The van der Waals surface area contributed by atoms with E-state index in [4.69, 9.17) is 26.1 Å². The van der Waals surface area contributed by atoms with Crippen molar-refractivity contribution in [3.63, 3.8) is 0 Å². The molecule has 2 aliphatic heterocycles. The summed E-state index contributed by atoms with van der Waals surface area (Å²) < 4.78 is 12.4. The van der Waals surface area contributed by atoms with E-state index in [9.17, 15) is 0 Å². The van der Waals surface area contributed by atoms with Crippen LogP contribution in [-0.4, -0.2) is 19.5 Å². The third-order valence-electron chi connectivity index (χ3n) is 7.54. The van der Waals surface area contributed by atoms with Crippen molar-refractivity contribution in [2.75, 3.05) is 23.9 Å². The minimum atomic E-state index is -0.359. The van der Waals surface area contributed by atoms with Crippen LogP contribution < -0.4 is 19.7 Å². The molecular formula is C35H28ClN3O2S. The molecule has 5 nitrogen and oxygen atoms in total. The molecule has 5 aromatic rings. The molecule has 0 amide bonds. The van der Waals surface area contributed by atoms with Crippen LogP contribution in [0, 0.1) is 5.92 Å². The quantitative estimate of drug-likeness (QED) is 0.221. The predicted octanol–water partition coefficient (Wildman–Crippen LogP) is 9.54. The lowest BCUT2D eigenvalue weighted by Crippen LogP contribution is -2.41. The van der Waals surface area contributed by atoms with E-state index in [0.29, 0.717) is 11.6 Å². The van der Waals surface area contributed by atoms with Gasteiger partial charge in [0.15, 0.2) is 0 Å². The third kappa shape index (κ3) is 4.97. The molecule has 0 radical (unpaired) electrons. The van der Waals surface area contributed by atoms with Crippen LogP contribution in [0.4, 0.5) is 22.7 Å². The number of fused-ring (bicyclic) bond motifs is 3. The summed E-state index contributed by atoms with van der Waals surface area (Å²) in [5.74, 6) is 2.21. The van der Waals surface area contributed by atoms with Gasteiger partial charge in [-0.15, -0.1) is 0 Å². The van der Waals surface area contributed by atoms with Gasteiger partial charge in [-0.3, -0.25) is 4.90 Å². The van der Waals surface area contributed by atoms with Gasteiger partial charge in [0.2, 0.25) is 0 Å². The molecule has 7 rings (SSSR count). The number of nitrogens with one attached hydrogen (secondary N) is 1. The molecule has 42 heavy (non-hydrogen) atoms. The number of benzene rings is 5. The number of aliphatic imine (C=N–C) groups is 1. The summed E-state index contributed by atoms with van der Waals surface area (Å²) in [5, 5.41) is 4.29. The van der Waals surface area contributed by atoms with E-state index in [1.165, 1.54) is 9.79 Å². The highest BCUT2D eigenvalue weighted by molar-refractivity contribution is 7.99. The Balaban J connectivity index is 1.43. The van der Waals surface area contributed by atoms with Crippen molar-refractivity contribution < 1.29 is 9.47 Å². The van der Waals surface area contributed by atoms with Crippen LogP contribution in [0.15, 0.2) is 136 Å². The number of halogens is 1. The topological polar surface area (TPSA) is 46.1 Å². The van der Waals surface area contributed by atoms with Gasteiger partial charge in [-0.2, -0.15) is 0 Å². The maximum Gasteiger partial charge on any atom is 0.145 e. The molecule has 7 heteroatoms. The zero-order valence-electron chi connectivity index (χ0n) is 22.9. The van der Waals surface area contributed by atoms with E-state index in [1.807, 2.05) is 60.7 Å². The molecule has 0 aliphatic carbocycles. The van der Waals surface area contributed by atoms with Crippen molar-refractivity contribution >= 4 is 51.9 Å². The molecule has 2 heterocycles. The summed E-state index contributed by atoms with van der Waals surface area (Å²) in [6, 6.07) is 40.9. The Labute approximate surface area is 254 Å². The zero-order chi connectivity index (χ0) is 28.5. The first-order valence-corrected chi connectivity index (χ1v) is 15.0. The molecule has 0 fully saturated rings. The fourth-order valence-electron chi connectivity index (χ4n) is 5.49. The summed E-state index contributed by atoms with van der Waals surface area (Å²) >= 11 is 8.38. The Morgan fingerprint density at radius 3 is 2.17 bits per heavy atom. The van der Waals surface area contributed by atoms with Crippen LogP contribution in [0.1, 0.15) is 11.7 Å². The number of rotatable bonds is 5. The van der Waals surface area contributed by atoms with Crippen molar-refractivity contribution in [3.05, 3.63) is 132 Å². The Morgan fingerprint density at radius 2 is 1.45 bits per heavy atom. The number of amidine groups is 1.